The second kappa shape index (κ2) is 4.75. The number of hydrogen-bond donors (Lipinski definition) is 2. The molecule has 6 heteroatoms. The first-order chi connectivity index (χ1) is 8.09. The summed E-state index contributed by atoms with van der Waals surface area (Å²) >= 11 is 0. The van der Waals surface area contributed by atoms with E-state index in [1.807, 2.05) is 0 Å². The lowest BCUT2D eigenvalue weighted by atomic mass is 10.2. The van der Waals surface area contributed by atoms with Gasteiger partial charge >= 0.3 is 0 Å². The fourth-order valence-electron chi connectivity index (χ4n) is 2.04. The minimum Gasteiger partial charge on any atom is -0.395 e. The molecule has 0 aromatic carbocycles. The molecule has 1 saturated heterocycles. The minimum absolute atomic E-state index is 0.134. The van der Waals surface area contributed by atoms with Crippen LogP contribution in [0.1, 0.15) is 29.0 Å². The third-order valence-corrected chi connectivity index (χ3v) is 3.00. The van der Waals surface area contributed by atoms with Crippen molar-refractivity contribution in [2.75, 3.05) is 18.9 Å². The molecular weight excluding hydrogens is 220 g/mol. The third kappa shape index (κ3) is 2.41. The van der Waals surface area contributed by atoms with Gasteiger partial charge < -0.3 is 15.8 Å². The normalized spacial score (nSPS) is 19.5. The fourth-order valence-corrected chi connectivity index (χ4v) is 2.04. The minimum atomic E-state index is -0.193. The van der Waals surface area contributed by atoms with Crippen LogP contribution in [0.5, 0.6) is 0 Å². The Morgan fingerprint density at radius 2 is 2.47 bits per heavy atom. The fraction of sp³-hybridized carbons (Fsp3) is 0.636. The summed E-state index contributed by atoms with van der Waals surface area (Å²) in [6.45, 7) is 3.10. The van der Waals surface area contributed by atoms with Crippen LogP contribution >= 0.6 is 0 Å². The molecule has 0 aliphatic carbocycles. The lowest BCUT2D eigenvalue weighted by Gasteiger charge is -2.11. The number of carbonyl (C=O) groups is 1. The monoisotopic (exact) mass is 238 g/mol. The van der Waals surface area contributed by atoms with E-state index in [1.165, 1.54) is 4.68 Å². The number of anilines is 1. The first-order valence-electron chi connectivity index (χ1n) is 5.78. The molecule has 2 heterocycles. The van der Waals surface area contributed by atoms with Crippen molar-refractivity contribution in [3.63, 3.8) is 0 Å². The second-order valence-electron chi connectivity index (χ2n) is 4.32. The molecule has 6 nitrogen and oxygen atoms in total. The Morgan fingerprint density at radius 1 is 1.71 bits per heavy atom. The van der Waals surface area contributed by atoms with E-state index in [-0.39, 0.29) is 12.0 Å². The second-order valence-corrected chi connectivity index (χ2v) is 4.32. The molecule has 1 fully saturated rings. The molecule has 1 unspecified atom stereocenters. The van der Waals surface area contributed by atoms with E-state index in [0.29, 0.717) is 23.6 Å². The number of carbonyl (C=O) groups excluding carboxylic acids is 1. The molecule has 2 rings (SSSR count). The molecule has 17 heavy (non-hydrogen) atoms. The quantitative estimate of drug-likeness (QED) is 0.789. The molecular formula is C11H18N4O2. The molecule has 1 atom stereocenters. The number of amides is 1. The van der Waals surface area contributed by atoms with Gasteiger partial charge in [-0.15, -0.1) is 0 Å². The Bertz CT molecular complexity index is 421. The van der Waals surface area contributed by atoms with Gasteiger partial charge in [0, 0.05) is 20.2 Å². The van der Waals surface area contributed by atoms with Crippen LogP contribution in [0.3, 0.4) is 0 Å². The van der Waals surface area contributed by atoms with Gasteiger partial charge in [0.25, 0.3) is 5.91 Å². The highest BCUT2D eigenvalue weighted by atomic mass is 16.5. The standard InChI is InChI=1S/C11H18N4O2/c1-7-9(12)10(15(2)14-7)11(16)13-6-8-4-3-5-17-8/h8H,3-6,12H2,1-2H3,(H,13,16). The van der Waals surface area contributed by atoms with Crippen LogP contribution < -0.4 is 11.1 Å². The van der Waals surface area contributed by atoms with Crippen LogP contribution in [0.15, 0.2) is 0 Å². The number of nitrogens with zero attached hydrogens (tertiary/aromatic N) is 2. The maximum absolute atomic E-state index is 11.9. The van der Waals surface area contributed by atoms with E-state index in [4.69, 9.17) is 10.5 Å². The van der Waals surface area contributed by atoms with E-state index in [9.17, 15) is 4.79 Å². The van der Waals surface area contributed by atoms with Crippen LogP contribution in [0, 0.1) is 6.92 Å². The Labute approximate surface area is 100 Å². The molecule has 1 amide bonds. The third-order valence-electron chi connectivity index (χ3n) is 3.00. The zero-order valence-corrected chi connectivity index (χ0v) is 10.2. The average Bonchev–Trinajstić information content (AvgIpc) is 2.86. The van der Waals surface area contributed by atoms with Crippen LogP contribution in [-0.2, 0) is 11.8 Å². The number of ether oxygens (including phenoxy) is 1. The van der Waals surface area contributed by atoms with E-state index in [2.05, 4.69) is 10.4 Å². The number of rotatable bonds is 3. The number of aromatic nitrogens is 2. The zero-order chi connectivity index (χ0) is 12.4. The molecule has 94 valence electrons. The van der Waals surface area contributed by atoms with Gasteiger partial charge in [-0.1, -0.05) is 0 Å². The first-order valence-corrected chi connectivity index (χ1v) is 5.78. The van der Waals surface area contributed by atoms with Crippen LogP contribution in [0.4, 0.5) is 5.69 Å². The molecule has 0 bridgehead atoms. The molecule has 1 aromatic rings. The highest BCUT2D eigenvalue weighted by Gasteiger charge is 2.20. The predicted molar refractivity (Wildman–Crippen MR) is 63.7 cm³/mol. The molecule has 0 spiro atoms. The summed E-state index contributed by atoms with van der Waals surface area (Å²) in [4.78, 5) is 11.9. The van der Waals surface area contributed by atoms with Gasteiger partial charge in [0.2, 0.25) is 0 Å². The molecule has 0 radical (unpaired) electrons. The van der Waals surface area contributed by atoms with Crippen molar-refractivity contribution >= 4 is 11.6 Å². The maximum atomic E-state index is 11.9. The van der Waals surface area contributed by atoms with Gasteiger partial charge in [-0.25, -0.2) is 0 Å². The number of hydrogen-bond acceptors (Lipinski definition) is 4. The Hall–Kier alpha value is -1.56. The highest BCUT2D eigenvalue weighted by Crippen LogP contribution is 2.15. The van der Waals surface area contributed by atoms with Crippen LogP contribution in [0.25, 0.3) is 0 Å². The number of nitrogen functional groups attached to an aromatic ring is 1. The number of nitrogens with one attached hydrogen (secondary N) is 1. The lowest BCUT2D eigenvalue weighted by Crippen LogP contribution is -2.33. The molecule has 1 aliphatic rings. The Morgan fingerprint density at radius 3 is 3.00 bits per heavy atom. The zero-order valence-electron chi connectivity index (χ0n) is 10.2. The van der Waals surface area contributed by atoms with Crippen molar-refractivity contribution in [2.45, 2.75) is 25.9 Å². The van der Waals surface area contributed by atoms with E-state index in [0.717, 1.165) is 19.4 Å². The van der Waals surface area contributed by atoms with Gasteiger partial charge in [-0.3, -0.25) is 9.48 Å². The van der Waals surface area contributed by atoms with Gasteiger partial charge in [0.15, 0.2) is 0 Å². The average molecular weight is 238 g/mol. The van der Waals surface area contributed by atoms with Gasteiger partial charge in [-0.05, 0) is 19.8 Å². The smallest absolute Gasteiger partial charge is 0.271 e. The molecule has 3 N–H and O–H groups in total. The summed E-state index contributed by atoms with van der Waals surface area (Å²) in [6.07, 6.45) is 2.20. The van der Waals surface area contributed by atoms with E-state index >= 15 is 0 Å². The van der Waals surface area contributed by atoms with Crippen LogP contribution in [-0.4, -0.2) is 34.9 Å². The van der Waals surface area contributed by atoms with Gasteiger partial charge in [0.05, 0.1) is 17.5 Å². The van der Waals surface area contributed by atoms with Crippen molar-refractivity contribution in [3.8, 4) is 0 Å². The summed E-state index contributed by atoms with van der Waals surface area (Å²) in [6, 6.07) is 0. The summed E-state index contributed by atoms with van der Waals surface area (Å²) in [5, 5.41) is 6.94. The topological polar surface area (TPSA) is 82.2 Å². The predicted octanol–water partition coefficient (Wildman–Crippen LogP) is 0.220. The molecule has 1 aromatic heterocycles. The van der Waals surface area contributed by atoms with E-state index < -0.39 is 0 Å². The summed E-state index contributed by atoms with van der Waals surface area (Å²) in [7, 11) is 1.71. The SMILES string of the molecule is Cc1nn(C)c(C(=O)NCC2CCCO2)c1N. The highest BCUT2D eigenvalue weighted by molar-refractivity contribution is 5.97. The Balaban J connectivity index is 1.99. The largest absolute Gasteiger partial charge is 0.395 e. The number of nitrogens with two attached hydrogens (primary N) is 1. The summed E-state index contributed by atoms with van der Waals surface area (Å²) in [5.74, 6) is -0.193. The van der Waals surface area contributed by atoms with Gasteiger partial charge in [0.1, 0.15) is 5.69 Å². The summed E-state index contributed by atoms with van der Waals surface area (Å²) in [5.41, 5.74) is 7.35. The van der Waals surface area contributed by atoms with Crippen molar-refractivity contribution in [1.29, 1.82) is 0 Å². The van der Waals surface area contributed by atoms with Crippen molar-refractivity contribution in [3.05, 3.63) is 11.4 Å². The van der Waals surface area contributed by atoms with Crippen molar-refractivity contribution < 1.29 is 9.53 Å². The van der Waals surface area contributed by atoms with E-state index in [1.54, 1.807) is 14.0 Å². The molecule has 1 aliphatic heterocycles. The summed E-state index contributed by atoms with van der Waals surface area (Å²) < 4.78 is 6.95. The van der Waals surface area contributed by atoms with Crippen molar-refractivity contribution in [2.24, 2.45) is 7.05 Å². The first kappa shape index (κ1) is 11.9. The van der Waals surface area contributed by atoms with Crippen molar-refractivity contribution in [1.82, 2.24) is 15.1 Å². The maximum Gasteiger partial charge on any atom is 0.271 e. The number of aryl methyl sites for hydroxylation is 2. The Kier molecular flexibility index (Phi) is 3.33. The van der Waals surface area contributed by atoms with Crippen LogP contribution in [0.2, 0.25) is 0 Å². The van der Waals surface area contributed by atoms with Gasteiger partial charge in [-0.2, -0.15) is 5.10 Å². The molecule has 0 saturated carbocycles. The lowest BCUT2D eigenvalue weighted by molar-refractivity contribution is 0.0851.